The van der Waals surface area contributed by atoms with Gasteiger partial charge < -0.3 is 14.2 Å². The molecule has 3 aromatic rings. The number of ether oxygens (including phenoxy) is 1. The van der Waals surface area contributed by atoms with Crippen molar-refractivity contribution in [3.8, 4) is 11.4 Å². The van der Waals surface area contributed by atoms with E-state index in [-0.39, 0.29) is 10.8 Å². The van der Waals surface area contributed by atoms with E-state index in [2.05, 4.69) is 4.98 Å². The number of methoxy groups -OCH3 is 1. The molecular formula is C21H24N4O4S. The Balaban J connectivity index is 1.99. The number of carbonyl (C=O) groups is 1. The lowest BCUT2D eigenvalue weighted by Crippen LogP contribution is -2.30. The molecule has 0 aliphatic carbocycles. The second kappa shape index (κ2) is 9.21. The van der Waals surface area contributed by atoms with Crippen molar-refractivity contribution in [2.24, 2.45) is 5.14 Å². The average Bonchev–Trinajstić information content (AvgIpc) is 3.15. The molecule has 8 nitrogen and oxygen atoms in total. The Morgan fingerprint density at radius 3 is 2.40 bits per heavy atom. The summed E-state index contributed by atoms with van der Waals surface area (Å²) in [4.78, 5) is 18.9. The van der Waals surface area contributed by atoms with Gasteiger partial charge in [0.2, 0.25) is 10.0 Å². The van der Waals surface area contributed by atoms with Gasteiger partial charge in [0.25, 0.3) is 5.91 Å². The number of nitrogens with two attached hydrogens (primary N) is 1. The highest BCUT2D eigenvalue weighted by Gasteiger charge is 2.19. The van der Waals surface area contributed by atoms with Gasteiger partial charge in [0.15, 0.2) is 0 Å². The summed E-state index contributed by atoms with van der Waals surface area (Å²) in [6.45, 7) is 1.38. The molecule has 3 rings (SSSR count). The maximum Gasteiger partial charge on any atom is 0.273 e. The van der Waals surface area contributed by atoms with Gasteiger partial charge in [-0.25, -0.2) is 18.5 Å². The smallest absolute Gasteiger partial charge is 0.273 e. The number of carbonyl (C=O) groups excluding carboxylic acids is 1. The molecule has 1 heterocycles. The van der Waals surface area contributed by atoms with Crippen molar-refractivity contribution in [1.29, 1.82) is 0 Å². The topological polar surface area (TPSA) is 108 Å². The summed E-state index contributed by atoms with van der Waals surface area (Å²) in [6, 6.07) is 15.9. The van der Waals surface area contributed by atoms with Crippen molar-refractivity contribution in [3.05, 3.63) is 72.1 Å². The Morgan fingerprint density at radius 1 is 1.13 bits per heavy atom. The quantitative estimate of drug-likeness (QED) is 0.590. The van der Waals surface area contributed by atoms with Crippen molar-refractivity contribution in [2.75, 3.05) is 27.3 Å². The van der Waals surface area contributed by atoms with Crippen LogP contribution in [0.3, 0.4) is 0 Å². The number of likely N-dealkylation sites (N-methyl/N-ethyl adjacent to an activating group) is 1. The third-order valence-corrected chi connectivity index (χ3v) is 5.54. The number of imidazole rings is 1. The maximum atomic E-state index is 12.8. The Labute approximate surface area is 176 Å². The summed E-state index contributed by atoms with van der Waals surface area (Å²) in [5.74, 6) is 0.338. The van der Waals surface area contributed by atoms with E-state index in [9.17, 15) is 13.2 Å². The Morgan fingerprint density at radius 2 is 1.80 bits per heavy atom. The molecule has 2 N–H and O–H groups in total. The minimum atomic E-state index is -3.79. The van der Waals surface area contributed by atoms with E-state index in [1.165, 1.54) is 12.1 Å². The first-order chi connectivity index (χ1) is 14.3. The number of sulfonamides is 1. The van der Waals surface area contributed by atoms with Gasteiger partial charge in [-0.05, 0) is 29.8 Å². The van der Waals surface area contributed by atoms with Crippen molar-refractivity contribution in [2.45, 2.75) is 11.4 Å². The molecule has 0 spiro atoms. The number of benzene rings is 2. The highest BCUT2D eigenvalue weighted by molar-refractivity contribution is 7.89. The SMILES string of the molecule is COCCN(C)C(=O)c1cn(Cc2ccccc2)c(-c2ccc(S(N)(=O)=O)cc2)n1. The second-order valence-corrected chi connectivity index (χ2v) is 8.41. The predicted molar refractivity (Wildman–Crippen MR) is 113 cm³/mol. The molecule has 0 saturated carbocycles. The Kier molecular flexibility index (Phi) is 6.66. The molecule has 0 atom stereocenters. The minimum absolute atomic E-state index is 0.0167. The summed E-state index contributed by atoms with van der Waals surface area (Å²) in [6.07, 6.45) is 1.71. The van der Waals surface area contributed by atoms with Crippen LogP contribution in [0.2, 0.25) is 0 Å². The second-order valence-electron chi connectivity index (χ2n) is 6.85. The fourth-order valence-electron chi connectivity index (χ4n) is 2.97. The molecule has 0 radical (unpaired) electrons. The van der Waals surface area contributed by atoms with Gasteiger partial charge in [-0.1, -0.05) is 30.3 Å². The van der Waals surface area contributed by atoms with Gasteiger partial charge in [-0.2, -0.15) is 0 Å². The van der Waals surface area contributed by atoms with Gasteiger partial charge in [-0.15, -0.1) is 0 Å². The number of hydrogen-bond donors (Lipinski definition) is 1. The standard InChI is InChI=1S/C21H24N4O4S/c1-24(12-13-29-2)21(26)19-15-25(14-16-6-4-3-5-7-16)20(23-19)17-8-10-18(11-9-17)30(22,27)28/h3-11,15H,12-14H2,1-2H3,(H2,22,27,28). The lowest BCUT2D eigenvalue weighted by atomic mass is 10.2. The van der Waals surface area contributed by atoms with Crippen molar-refractivity contribution in [1.82, 2.24) is 14.5 Å². The van der Waals surface area contributed by atoms with E-state index >= 15 is 0 Å². The molecule has 1 amide bonds. The molecule has 2 aromatic carbocycles. The molecule has 0 bridgehead atoms. The van der Waals surface area contributed by atoms with E-state index < -0.39 is 10.0 Å². The van der Waals surface area contributed by atoms with Crippen LogP contribution in [-0.2, 0) is 21.3 Å². The lowest BCUT2D eigenvalue weighted by Gasteiger charge is -2.14. The number of hydrogen-bond acceptors (Lipinski definition) is 5. The first-order valence-corrected chi connectivity index (χ1v) is 10.8. The van der Waals surface area contributed by atoms with Crippen LogP contribution < -0.4 is 5.14 Å². The van der Waals surface area contributed by atoms with Gasteiger partial charge in [0, 0.05) is 39.0 Å². The summed E-state index contributed by atoms with van der Waals surface area (Å²) >= 11 is 0. The number of aromatic nitrogens is 2. The summed E-state index contributed by atoms with van der Waals surface area (Å²) in [5.41, 5.74) is 2.02. The zero-order valence-corrected chi connectivity index (χ0v) is 17.7. The van der Waals surface area contributed by atoms with Crippen molar-refractivity contribution < 1.29 is 17.9 Å². The van der Waals surface area contributed by atoms with Crippen LogP contribution in [0.4, 0.5) is 0 Å². The zero-order chi connectivity index (χ0) is 21.7. The third-order valence-electron chi connectivity index (χ3n) is 4.61. The van der Waals surface area contributed by atoms with E-state index in [1.54, 1.807) is 37.4 Å². The number of nitrogens with zero attached hydrogens (tertiary/aromatic N) is 3. The Bertz CT molecular complexity index is 1110. The van der Waals surface area contributed by atoms with Crippen LogP contribution in [0.25, 0.3) is 11.4 Å². The minimum Gasteiger partial charge on any atom is -0.383 e. The van der Waals surface area contributed by atoms with Crippen LogP contribution in [0.5, 0.6) is 0 Å². The van der Waals surface area contributed by atoms with Gasteiger partial charge in [-0.3, -0.25) is 4.79 Å². The number of amides is 1. The summed E-state index contributed by atoms with van der Waals surface area (Å²) in [5, 5.41) is 5.19. The first-order valence-electron chi connectivity index (χ1n) is 9.28. The monoisotopic (exact) mass is 428 g/mol. The van der Waals surface area contributed by atoms with E-state index in [0.717, 1.165) is 5.56 Å². The van der Waals surface area contributed by atoms with Crippen molar-refractivity contribution in [3.63, 3.8) is 0 Å². The fraction of sp³-hybridized carbons (Fsp3) is 0.238. The first kappa shape index (κ1) is 21.7. The molecule has 0 aliphatic heterocycles. The molecule has 0 saturated heterocycles. The molecule has 0 fully saturated rings. The number of primary sulfonamides is 1. The van der Waals surface area contributed by atoms with E-state index in [0.29, 0.717) is 36.8 Å². The normalized spacial score (nSPS) is 11.4. The van der Waals surface area contributed by atoms with E-state index in [4.69, 9.17) is 9.88 Å². The van der Waals surface area contributed by atoms with Gasteiger partial charge >= 0.3 is 0 Å². The zero-order valence-electron chi connectivity index (χ0n) is 16.9. The van der Waals surface area contributed by atoms with E-state index in [1.807, 2.05) is 34.9 Å². The molecule has 0 unspecified atom stereocenters. The summed E-state index contributed by atoms with van der Waals surface area (Å²) in [7, 11) is -0.516. The Hall–Kier alpha value is -3.01. The average molecular weight is 429 g/mol. The third kappa shape index (κ3) is 5.12. The predicted octanol–water partition coefficient (Wildman–Crippen LogP) is 1.96. The van der Waals surface area contributed by atoms with Gasteiger partial charge in [0.1, 0.15) is 11.5 Å². The maximum absolute atomic E-state index is 12.8. The number of rotatable bonds is 8. The molecule has 9 heteroatoms. The molecular weight excluding hydrogens is 404 g/mol. The largest absolute Gasteiger partial charge is 0.383 e. The summed E-state index contributed by atoms with van der Waals surface area (Å²) < 4.78 is 30.0. The molecule has 1 aromatic heterocycles. The van der Waals surface area contributed by atoms with Crippen LogP contribution >= 0.6 is 0 Å². The van der Waals surface area contributed by atoms with Crippen LogP contribution in [-0.4, -0.2) is 56.1 Å². The van der Waals surface area contributed by atoms with Crippen LogP contribution in [0, 0.1) is 0 Å². The molecule has 158 valence electrons. The highest BCUT2D eigenvalue weighted by atomic mass is 32.2. The van der Waals surface area contributed by atoms with Crippen molar-refractivity contribution >= 4 is 15.9 Å². The van der Waals surface area contributed by atoms with Crippen LogP contribution in [0.15, 0.2) is 65.7 Å². The fourth-order valence-corrected chi connectivity index (χ4v) is 3.48. The van der Waals surface area contributed by atoms with Gasteiger partial charge in [0.05, 0.1) is 11.5 Å². The molecule has 0 aliphatic rings. The highest BCUT2D eigenvalue weighted by Crippen LogP contribution is 2.22. The molecule has 30 heavy (non-hydrogen) atoms. The lowest BCUT2D eigenvalue weighted by molar-refractivity contribution is 0.0739. The van der Waals surface area contributed by atoms with Crippen LogP contribution in [0.1, 0.15) is 16.1 Å².